The molecule has 2 aromatic carbocycles. The third kappa shape index (κ3) is 11.3. The van der Waals surface area contributed by atoms with Crippen LogP contribution in [0.25, 0.3) is 0 Å². The van der Waals surface area contributed by atoms with Gasteiger partial charge in [-0.1, -0.05) is 27.2 Å². The molecule has 0 aliphatic rings. The van der Waals surface area contributed by atoms with E-state index < -0.39 is 41.2 Å². The Morgan fingerprint density at radius 3 is 2.20 bits per heavy atom. The number of alkyl halides is 3. The van der Waals surface area contributed by atoms with E-state index in [4.69, 9.17) is 9.92 Å². The molecule has 0 saturated carbocycles. The number of amides is 1. The van der Waals surface area contributed by atoms with Crippen molar-refractivity contribution >= 4 is 25.2 Å². The van der Waals surface area contributed by atoms with Crippen molar-refractivity contribution in [1.29, 1.82) is 5.26 Å². The Bertz CT molecular complexity index is 1200. The van der Waals surface area contributed by atoms with Crippen molar-refractivity contribution in [2.24, 2.45) is 5.92 Å². The molecule has 2 atom stereocenters. The van der Waals surface area contributed by atoms with E-state index in [0.717, 1.165) is 30.1 Å². The van der Waals surface area contributed by atoms with Crippen LogP contribution in [0, 0.1) is 23.3 Å². The summed E-state index contributed by atoms with van der Waals surface area (Å²) in [6.45, 7) is 10.2. The number of hydrogen-bond donors (Lipinski definition) is 2. The second-order valence-electron chi connectivity index (χ2n) is 9.71. The van der Waals surface area contributed by atoms with Crippen LogP contribution in [-0.4, -0.2) is 35.2 Å². The van der Waals surface area contributed by atoms with E-state index in [-0.39, 0.29) is 17.7 Å². The molecule has 2 unspecified atom stereocenters. The van der Waals surface area contributed by atoms with Crippen LogP contribution < -0.4 is 5.32 Å². The van der Waals surface area contributed by atoms with E-state index in [2.05, 4.69) is 26.1 Å². The van der Waals surface area contributed by atoms with Crippen LogP contribution in [0.5, 0.6) is 0 Å². The maximum atomic E-state index is 13.3. The van der Waals surface area contributed by atoms with Crippen molar-refractivity contribution in [3.05, 3.63) is 70.5 Å². The fourth-order valence-corrected chi connectivity index (χ4v) is 3.66. The molecule has 0 fully saturated rings. The molecule has 0 spiro atoms. The van der Waals surface area contributed by atoms with Gasteiger partial charge in [0.25, 0.3) is 0 Å². The van der Waals surface area contributed by atoms with Crippen molar-refractivity contribution in [1.82, 2.24) is 10.2 Å². The summed E-state index contributed by atoms with van der Waals surface area (Å²) in [4.78, 5) is 25.0. The molecule has 0 saturated heterocycles. The van der Waals surface area contributed by atoms with Gasteiger partial charge in [-0.25, -0.2) is 0 Å². The van der Waals surface area contributed by atoms with Crippen molar-refractivity contribution < 1.29 is 36.9 Å². The molecular formula is C29H36BF4N3O4. The number of carboxylic acid groups (broad SMARTS) is 1. The van der Waals surface area contributed by atoms with Crippen LogP contribution in [0.2, 0.25) is 0 Å². The van der Waals surface area contributed by atoms with Crippen molar-refractivity contribution in [2.75, 3.05) is 0 Å². The molecule has 2 rings (SSSR count). The monoisotopic (exact) mass is 577 g/mol. The molecule has 12 heteroatoms. The van der Waals surface area contributed by atoms with Crippen LogP contribution in [0.4, 0.5) is 17.6 Å². The SMILES string of the molecule is CCC(C)C.CCCCC(c1ccc(C(F)(F)F)c(C(=O)O)c1)N(C=O)C(=BOC#N)NC(C)c1ccc(F)cc1. The molecule has 41 heavy (non-hydrogen) atoms. The second kappa shape index (κ2) is 17.1. The van der Waals surface area contributed by atoms with Crippen LogP contribution in [0.1, 0.15) is 99.4 Å². The quantitative estimate of drug-likeness (QED) is 0.117. The van der Waals surface area contributed by atoms with E-state index in [1.54, 1.807) is 6.92 Å². The fourth-order valence-electron chi connectivity index (χ4n) is 3.66. The number of aromatic carboxylic acids is 1. The number of benzene rings is 2. The Morgan fingerprint density at radius 2 is 1.73 bits per heavy atom. The number of nitrogens with zero attached hydrogens (tertiary/aromatic N) is 2. The first-order chi connectivity index (χ1) is 19.3. The Labute approximate surface area is 239 Å². The second-order valence-corrected chi connectivity index (χ2v) is 9.71. The molecule has 0 bridgehead atoms. The minimum atomic E-state index is -4.88. The molecule has 2 N–H and O–H groups in total. The summed E-state index contributed by atoms with van der Waals surface area (Å²) in [6, 6.07) is 6.84. The van der Waals surface area contributed by atoms with Gasteiger partial charge in [-0.2, -0.15) is 0 Å². The summed E-state index contributed by atoms with van der Waals surface area (Å²) in [6.07, 6.45) is -0.196. The average Bonchev–Trinajstić information content (AvgIpc) is 2.93. The first kappa shape index (κ1) is 35.2. The zero-order valence-corrected chi connectivity index (χ0v) is 23.8. The van der Waals surface area contributed by atoms with Gasteiger partial charge in [-0.15, -0.1) is 0 Å². The summed E-state index contributed by atoms with van der Waals surface area (Å²) in [7, 11) is 0.968. The number of carbonyl (C=O) groups excluding carboxylic acids is 1. The van der Waals surface area contributed by atoms with Crippen molar-refractivity contribution in [3.63, 3.8) is 0 Å². The van der Waals surface area contributed by atoms with Gasteiger partial charge >= 0.3 is 206 Å². The molecule has 0 radical (unpaired) electrons. The first-order valence-corrected chi connectivity index (χ1v) is 13.2. The first-order valence-electron chi connectivity index (χ1n) is 13.2. The van der Waals surface area contributed by atoms with Crippen molar-refractivity contribution in [2.45, 2.75) is 78.6 Å². The number of carboxylic acids is 1. The Hall–Kier alpha value is -3.88. The Kier molecular flexibility index (Phi) is 14.6. The third-order valence-corrected chi connectivity index (χ3v) is 6.30. The molecular weight excluding hydrogens is 541 g/mol. The van der Waals surface area contributed by atoms with Gasteiger partial charge in [-0.05, 0) is 5.92 Å². The topological polar surface area (TPSA) is 103 Å². The van der Waals surface area contributed by atoms with Gasteiger partial charge in [-0.3, -0.25) is 0 Å². The number of unbranched alkanes of at least 4 members (excludes halogenated alkanes) is 1. The zero-order chi connectivity index (χ0) is 31.2. The van der Waals surface area contributed by atoms with E-state index in [1.165, 1.54) is 36.9 Å². The van der Waals surface area contributed by atoms with Gasteiger partial charge < -0.3 is 0 Å². The van der Waals surface area contributed by atoms with Crippen LogP contribution in [0.3, 0.4) is 0 Å². The predicted octanol–water partition coefficient (Wildman–Crippen LogP) is 6.84. The van der Waals surface area contributed by atoms with Gasteiger partial charge in [0.1, 0.15) is 0 Å². The van der Waals surface area contributed by atoms with Crippen molar-refractivity contribution in [3.8, 4) is 6.26 Å². The van der Waals surface area contributed by atoms with Gasteiger partial charge in [0.2, 0.25) is 0 Å². The van der Waals surface area contributed by atoms with E-state index in [0.29, 0.717) is 30.9 Å². The third-order valence-electron chi connectivity index (χ3n) is 6.30. The predicted molar refractivity (Wildman–Crippen MR) is 149 cm³/mol. The molecule has 7 nitrogen and oxygen atoms in total. The molecule has 0 aliphatic carbocycles. The van der Waals surface area contributed by atoms with Crippen LogP contribution in [-0.2, 0) is 15.6 Å². The van der Waals surface area contributed by atoms with Gasteiger partial charge in [0, 0.05) is 0 Å². The number of rotatable bonds is 13. The van der Waals surface area contributed by atoms with E-state index >= 15 is 0 Å². The zero-order valence-electron chi connectivity index (χ0n) is 23.8. The summed E-state index contributed by atoms with van der Waals surface area (Å²) in [5, 5.41) is 21.3. The summed E-state index contributed by atoms with van der Waals surface area (Å²) >= 11 is 0. The molecule has 222 valence electrons. The number of nitrogens with one attached hydrogen (secondary N) is 1. The summed E-state index contributed by atoms with van der Waals surface area (Å²) in [5.74, 6) is -1.32. The number of halogens is 4. The van der Waals surface area contributed by atoms with E-state index in [1.807, 2.05) is 6.92 Å². The van der Waals surface area contributed by atoms with E-state index in [9.17, 15) is 32.3 Å². The minimum absolute atomic E-state index is 0.00116. The molecule has 0 aliphatic heterocycles. The van der Waals surface area contributed by atoms with Crippen LogP contribution >= 0.6 is 0 Å². The number of nitriles is 1. The normalized spacial score (nSPS) is 12.7. The summed E-state index contributed by atoms with van der Waals surface area (Å²) in [5.41, 5.74) is -1.46. The molecule has 0 heterocycles. The Balaban J connectivity index is 0.00000154. The molecule has 0 aromatic heterocycles. The summed E-state index contributed by atoms with van der Waals surface area (Å²) < 4.78 is 58.1. The van der Waals surface area contributed by atoms with Crippen LogP contribution in [0.15, 0.2) is 42.5 Å². The fraction of sp³-hybridized carbons (Fsp3) is 0.448. The van der Waals surface area contributed by atoms with Gasteiger partial charge in [0.05, 0.1) is 0 Å². The maximum absolute atomic E-state index is 13.3. The molecule has 1 amide bonds. The number of carbonyl (C=O) groups is 2. The Morgan fingerprint density at radius 1 is 1.15 bits per heavy atom. The molecule has 2 aromatic rings. The number of hydrogen-bond acceptors (Lipinski definition) is 5. The van der Waals surface area contributed by atoms with Gasteiger partial charge in [0.15, 0.2) is 0 Å². The standard InChI is InChI=1S/C24H24BF4N3O4.C5H12/c1-3-4-5-21(17-8-11-20(24(27,28)29)19(12-17)22(34)35)32(14-33)23(25-36-13-30)31-15(2)16-6-9-18(26)10-7-16;1-4-5(2)3/h6-12,14-15,21,31H,3-5H2,1-2H3,(H,34,35);5H,4H2,1-3H3. The average molecular weight is 577 g/mol.